The molecule has 1 amide bonds. The molecule has 0 aromatic rings. The number of hydrogen-bond acceptors (Lipinski definition) is 4. The fourth-order valence-electron chi connectivity index (χ4n) is 1.65. The van der Waals surface area contributed by atoms with Crippen LogP contribution in [0.4, 0.5) is 4.79 Å². The summed E-state index contributed by atoms with van der Waals surface area (Å²) in [5, 5.41) is 3.38. The summed E-state index contributed by atoms with van der Waals surface area (Å²) < 4.78 is 5.43. The molecule has 0 heterocycles. The smallest absolute Gasteiger partial charge is 0.410 e. The van der Waals surface area contributed by atoms with E-state index in [-0.39, 0.29) is 12.1 Å². The molecule has 0 aromatic carbocycles. The number of amides is 1. The highest BCUT2D eigenvalue weighted by Gasteiger charge is 2.23. The summed E-state index contributed by atoms with van der Waals surface area (Å²) in [5.41, 5.74) is -0.435. The van der Waals surface area contributed by atoms with E-state index in [4.69, 9.17) is 4.74 Å². The van der Waals surface area contributed by atoms with Gasteiger partial charge in [0.05, 0.1) is 0 Å². The summed E-state index contributed by atoms with van der Waals surface area (Å²) in [7, 11) is 0. The molecule has 0 bridgehead atoms. The van der Waals surface area contributed by atoms with Gasteiger partial charge < -0.3 is 15.0 Å². The average molecular weight is 305 g/mol. The molecule has 0 unspecified atom stereocenters. The Balaban J connectivity index is 3.95. The topological polar surface area (TPSA) is 41.6 Å². The monoisotopic (exact) mass is 304 g/mol. The molecule has 0 rings (SSSR count). The van der Waals surface area contributed by atoms with Crippen LogP contribution < -0.4 is 5.32 Å². The first-order valence-electron chi connectivity index (χ1n) is 7.56. The molecule has 1 N–H and O–H groups in total. The molecule has 0 aliphatic carbocycles. The van der Waals surface area contributed by atoms with Gasteiger partial charge >= 0.3 is 6.09 Å². The van der Waals surface area contributed by atoms with Gasteiger partial charge in [-0.3, -0.25) is 0 Å². The van der Waals surface area contributed by atoms with Crippen LogP contribution in [-0.2, 0) is 4.74 Å². The van der Waals surface area contributed by atoms with Gasteiger partial charge in [-0.05, 0) is 59.1 Å². The first kappa shape index (κ1) is 19.6. The first-order chi connectivity index (χ1) is 9.28. The van der Waals surface area contributed by atoms with Crippen molar-refractivity contribution in [3.05, 3.63) is 0 Å². The van der Waals surface area contributed by atoms with E-state index >= 15 is 0 Å². The third-order valence-electron chi connectivity index (χ3n) is 2.63. The number of rotatable bonds is 9. The molecule has 0 aliphatic rings. The van der Waals surface area contributed by atoms with Gasteiger partial charge in [-0.1, -0.05) is 6.92 Å². The van der Waals surface area contributed by atoms with E-state index < -0.39 is 5.60 Å². The Labute approximate surface area is 129 Å². The number of carbonyl (C=O) groups is 1. The molecule has 0 aliphatic heterocycles. The van der Waals surface area contributed by atoms with Crippen LogP contribution >= 0.6 is 11.8 Å². The molecule has 0 fully saturated rings. The molecule has 0 aromatic heterocycles. The molecule has 0 saturated carbocycles. The lowest BCUT2D eigenvalue weighted by Crippen LogP contribution is -2.44. The summed E-state index contributed by atoms with van der Waals surface area (Å²) in [5.74, 6) is 2.38. The fraction of sp³-hybridized carbons (Fsp3) is 0.933. The zero-order valence-electron chi connectivity index (χ0n) is 14.0. The van der Waals surface area contributed by atoms with Crippen molar-refractivity contribution in [3.8, 4) is 0 Å². The van der Waals surface area contributed by atoms with Gasteiger partial charge in [0.2, 0.25) is 0 Å². The van der Waals surface area contributed by atoms with E-state index in [2.05, 4.69) is 12.2 Å². The first-order valence-corrected chi connectivity index (χ1v) is 8.71. The van der Waals surface area contributed by atoms with Crippen molar-refractivity contribution in [1.82, 2.24) is 10.2 Å². The number of nitrogens with zero attached hydrogens (tertiary/aromatic N) is 1. The molecule has 0 spiro atoms. The normalized spacial score (nSPS) is 11.8. The van der Waals surface area contributed by atoms with E-state index in [1.54, 1.807) is 4.90 Å². The van der Waals surface area contributed by atoms with Gasteiger partial charge in [0.1, 0.15) is 5.60 Å². The zero-order valence-corrected chi connectivity index (χ0v) is 14.8. The van der Waals surface area contributed by atoms with E-state index in [0.29, 0.717) is 6.54 Å². The van der Waals surface area contributed by atoms with Crippen molar-refractivity contribution < 1.29 is 9.53 Å². The minimum Gasteiger partial charge on any atom is -0.444 e. The molecule has 0 saturated heterocycles. The van der Waals surface area contributed by atoms with Gasteiger partial charge in [-0.25, -0.2) is 4.79 Å². The van der Waals surface area contributed by atoms with Crippen LogP contribution in [0.3, 0.4) is 0 Å². The third kappa shape index (κ3) is 10.4. The fourth-order valence-corrected chi connectivity index (χ4v) is 2.29. The Hall–Kier alpha value is -0.420. The number of carbonyl (C=O) groups excluding carboxylic acids is 1. The predicted molar refractivity (Wildman–Crippen MR) is 88.6 cm³/mol. The minimum absolute atomic E-state index is 0.155. The van der Waals surface area contributed by atoms with E-state index in [9.17, 15) is 4.79 Å². The second kappa shape index (κ2) is 10.3. The molecule has 120 valence electrons. The Morgan fingerprint density at radius 3 is 2.45 bits per heavy atom. The maximum atomic E-state index is 12.1. The lowest BCUT2D eigenvalue weighted by molar-refractivity contribution is 0.0194. The van der Waals surface area contributed by atoms with Crippen LogP contribution in [0.2, 0.25) is 0 Å². The van der Waals surface area contributed by atoms with Gasteiger partial charge in [0.15, 0.2) is 0 Å². The number of nitrogens with one attached hydrogen (secondary N) is 1. The van der Waals surface area contributed by atoms with Gasteiger partial charge in [-0.15, -0.1) is 0 Å². The van der Waals surface area contributed by atoms with Crippen LogP contribution in [0.1, 0.15) is 48.0 Å². The van der Waals surface area contributed by atoms with Crippen molar-refractivity contribution in [2.24, 2.45) is 0 Å². The maximum Gasteiger partial charge on any atom is 0.410 e. The second-order valence-corrected chi connectivity index (χ2v) is 7.46. The van der Waals surface area contributed by atoms with Gasteiger partial charge in [0.25, 0.3) is 0 Å². The molecular formula is C15H32N2O2S. The van der Waals surface area contributed by atoms with Crippen LogP contribution in [0.15, 0.2) is 0 Å². The lowest BCUT2D eigenvalue weighted by atomic mass is 10.2. The van der Waals surface area contributed by atoms with Gasteiger partial charge in [0, 0.05) is 19.1 Å². The summed E-state index contributed by atoms with van der Waals surface area (Å²) in [6.45, 7) is 14.4. The Kier molecular flexibility index (Phi) is 10.1. The minimum atomic E-state index is -0.435. The zero-order chi connectivity index (χ0) is 15.6. The largest absolute Gasteiger partial charge is 0.444 e. The van der Waals surface area contributed by atoms with Crippen molar-refractivity contribution in [3.63, 3.8) is 0 Å². The summed E-state index contributed by atoms with van der Waals surface area (Å²) in [6, 6.07) is 0.155. The quantitative estimate of drug-likeness (QED) is 0.663. The highest BCUT2D eigenvalue weighted by Crippen LogP contribution is 2.11. The molecule has 0 atom stereocenters. The summed E-state index contributed by atoms with van der Waals surface area (Å²) in [6.07, 6.45) is 0.947. The molecule has 5 heteroatoms. The molecule has 20 heavy (non-hydrogen) atoms. The van der Waals surface area contributed by atoms with Crippen LogP contribution in [-0.4, -0.2) is 53.8 Å². The highest BCUT2D eigenvalue weighted by molar-refractivity contribution is 7.99. The van der Waals surface area contributed by atoms with Crippen LogP contribution in [0, 0.1) is 0 Å². The van der Waals surface area contributed by atoms with E-state index in [1.165, 1.54) is 17.9 Å². The predicted octanol–water partition coefficient (Wildman–Crippen LogP) is 3.36. The summed E-state index contributed by atoms with van der Waals surface area (Å²) in [4.78, 5) is 13.9. The number of hydrogen-bond donors (Lipinski definition) is 1. The summed E-state index contributed by atoms with van der Waals surface area (Å²) >= 11 is 1.96. The third-order valence-corrected chi connectivity index (χ3v) is 3.61. The number of thioether (sulfide) groups is 1. The Morgan fingerprint density at radius 1 is 1.30 bits per heavy atom. The highest BCUT2D eigenvalue weighted by atomic mass is 32.2. The van der Waals surface area contributed by atoms with Crippen molar-refractivity contribution in [2.45, 2.75) is 59.6 Å². The standard InChI is InChI=1S/C15H32N2O2S/c1-7-20-12-8-9-16-10-11-17(13(2)3)14(18)19-15(4,5)6/h13,16H,7-12H2,1-6H3. The molecular weight excluding hydrogens is 272 g/mol. The molecule has 0 radical (unpaired) electrons. The lowest BCUT2D eigenvalue weighted by Gasteiger charge is -2.30. The maximum absolute atomic E-state index is 12.1. The SMILES string of the molecule is CCSCCCNCCN(C(=O)OC(C)(C)C)C(C)C. The van der Waals surface area contributed by atoms with Crippen molar-refractivity contribution >= 4 is 17.9 Å². The Morgan fingerprint density at radius 2 is 1.95 bits per heavy atom. The van der Waals surface area contributed by atoms with E-state index in [1.807, 2.05) is 46.4 Å². The van der Waals surface area contributed by atoms with Crippen LogP contribution in [0.5, 0.6) is 0 Å². The number of ether oxygens (including phenoxy) is 1. The Bertz CT molecular complexity index is 265. The average Bonchev–Trinajstić information content (AvgIpc) is 2.29. The molecule has 4 nitrogen and oxygen atoms in total. The van der Waals surface area contributed by atoms with Crippen molar-refractivity contribution in [2.75, 3.05) is 31.1 Å². The van der Waals surface area contributed by atoms with E-state index in [0.717, 1.165) is 13.1 Å². The van der Waals surface area contributed by atoms with Gasteiger partial charge in [-0.2, -0.15) is 11.8 Å². The van der Waals surface area contributed by atoms with Crippen LogP contribution in [0.25, 0.3) is 0 Å². The second-order valence-electron chi connectivity index (χ2n) is 6.07. The van der Waals surface area contributed by atoms with Crippen molar-refractivity contribution in [1.29, 1.82) is 0 Å².